The molecule has 7 nitrogen and oxygen atoms in total. The minimum Gasteiger partial charge on any atom is -0.360 e. The maximum absolute atomic E-state index is 12.4. The molecule has 1 N–H and O–H groups in total. The van der Waals surface area contributed by atoms with Crippen molar-refractivity contribution in [2.45, 2.75) is 26.0 Å². The van der Waals surface area contributed by atoms with E-state index in [9.17, 15) is 9.59 Å². The number of halogens is 1. The molecule has 116 valence electrons. The normalized spacial score (nSPS) is 16.7. The minimum atomic E-state index is -0.432. The number of methoxy groups -OCH3 is 1. The standard InChI is InChI=1S/C13H19ClN4O3/c1-3-4-11(21-2)18-13(20)12(14)9(7-16-18)17-6-5-15-10(19)8-17/h7,11H,3-6,8H2,1-2H3,(H,15,19). The van der Waals surface area contributed by atoms with Gasteiger partial charge in [0.05, 0.1) is 18.4 Å². The molecule has 1 aromatic heterocycles. The van der Waals surface area contributed by atoms with Crippen molar-refractivity contribution in [3.05, 3.63) is 21.6 Å². The number of amides is 1. The van der Waals surface area contributed by atoms with Gasteiger partial charge in [-0.3, -0.25) is 9.59 Å². The van der Waals surface area contributed by atoms with Crippen LogP contribution in [0.25, 0.3) is 0 Å². The number of nitrogens with one attached hydrogen (secondary N) is 1. The number of carbonyl (C=O) groups excluding carboxylic acids is 1. The molecule has 8 heteroatoms. The molecule has 0 bridgehead atoms. The highest BCUT2D eigenvalue weighted by molar-refractivity contribution is 6.33. The highest BCUT2D eigenvalue weighted by Gasteiger charge is 2.22. The summed E-state index contributed by atoms with van der Waals surface area (Å²) in [6, 6.07) is 0. The maximum atomic E-state index is 12.4. The summed E-state index contributed by atoms with van der Waals surface area (Å²) < 4.78 is 6.53. The van der Waals surface area contributed by atoms with Crippen LogP contribution in [0.1, 0.15) is 26.0 Å². The molecule has 0 radical (unpaired) electrons. The summed E-state index contributed by atoms with van der Waals surface area (Å²) in [7, 11) is 1.53. The van der Waals surface area contributed by atoms with Gasteiger partial charge in [0.25, 0.3) is 5.56 Å². The number of rotatable bonds is 5. The van der Waals surface area contributed by atoms with E-state index in [1.165, 1.54) is 18.0 Å². The van der Waals surface area contributed by atoms with E-state index in [1.54, 1.807) is 4.90 Å². The van der Waals surface area contributed by atoms with Crippen molar-refractivity contribution in [3.8, 4) is 0 Å². The molecule has 1 saturated heterocycles. The molecule has 1 aliphatic rings. The summed E-state index contributed by atoms with van der Waals surface area (Å²) in [5, 5.41) is 6.94. The van der Waals surface area contributed by atoms with Gasteiger partial charge in [-0.25, -0.2) is 0 Å². The SMILES string of the molecule is CCCC(OC)n1ncc(N2CCNC(=O)C2)c(Cl)c1=O. The van der Waals surface area contributed by atoms with Gasteiger partial charge in [0, 0.05) is 20.2 Å². The average Bonchev–Trinajstić information content (AvgIpc) is 2.48. The van der Waals surface area contributed by atoms with Gasteiger partial charge in [-0.2, -0.15) is 9.78 Å². The number of aromatic nitrogens is 2. The van der Waals surface area contributed by atoms with Crippen LogP contribution in [0.4, 0.5) is 5.69 Å². The molecule has 0 saturated carbocycles. The Labute approximate surface area is 127 Å². The summed E-state index contributed by atoms with van der Waals surface area (Å²) in [4.78, 5) is 25.5. The van der Waals surface area contributed by atoms with E-state index in [2.05, 4.69) is 10.4 Å². The zero-order chi connectivity index (χ0) is 15.4. The molecule has 1 amide bonds. The Bertz CT molecular complexity index is 575. The van der Waals surface area contributed by atoms with E-state index in [-0.39, 0.29) is 17.5 Å². The third-order valence-electron chi connectivity index (χ3n) is 3.38. The number of hydrogen-bond acceptors (Lipinski definition) is 5. The second-order valence-corrected chi connectivity index (χ2v) is 5.22. The van der Waals surface area contributed by atoms with Crippen LogP contribution in [0.2, 0.25) is 5.02 Å². The van der Waals surface area contributed by atoms with E-state index in [1.807, 2.05) is 6.92 Å². The topological polar surface area (TPSA) is 76.5 Å². The fourth-order valence-corrected chi connectivity index (χ4v) is 2.55. The lowest BCUT2D eigenvalue weighted by Gasteiger charge is -2.29. The number of carbonyl (C=O) groups is 1. The van der Waals surface area contributed by atoms with Gasteiger partial charge >= 0.3 is 0 Å². The zero-order valence-electron chi connectivity index (χ0n) is 12.1. The van der Waals surface area contributed by atoms with Gasteiger partial charge in [-0.15, -0.1) is 0 Å². The molecule has 1 atom stereocenters. The van der Waals surface area contributed by atoms with Crippen molar-refractivity contribution in [1.29, 1.82) is 0 Å². The Morgan fingerprint density at radius 3 is 2.90 bits per heavy atom. The van der Waals surface area contributed by atoms with Crippen molar-refractivity contribution in [3.63, 3.8) is 0 Å². The van der Waals surface area contributed by atoms with E-state index in [0.717, 1.165) is 6.42 Å². The largest absolute Gasteiger partial charge is 0.360 e. The van der Waals surface area contributed by atoms with Gasteiger partial charge in [0.1, 0.15) is 5.02 Å². The van der Waals surface area contributed by atoms with E-state index >= 15 is 0 Å². The summed E-state index contributed by atoms with van der Waals surface area (Å²) in [6.45, 7) is 3.29. The molecule has 0 aliphatic carbocycles. The van der Waals surface area contributed by atoms with Crippen LogP contribution >= 0.6 is 11.6 Å². The van der Waals surface area contributed by atoms with Crippen molar-refractivity contribution in [1.82, 2.24) is 15.1 Å². The first kappa shape index (κ1) is 15.8. The summed E-state index contributed by atoms with van der Waals surface area (Å²) in [5.74, 6) is -0.0951. The minimum absolute atomic E-state index is 0.0675. The van der Waals surface area contributed by atoms with Gasteiger partial charge in [-0.1, -0.05) is 24.9 Å². The first-order valence-corrected chi connectivity index (χ1v) is 7.28. The molecule has 1 aliphatic heterocycles. The van der Waals surface area contributed by atoms with Crippen LogP contribution in [-0.2, 0) is 9.53 Å². The van der Waals surface area contributed by atoms with Gasteiger partial charge in [-0.05, 0) is 6.42 Å². The summed E-state index contributed by atoms with van der Waals surface area (Å²) in [5.41, 5.74) is 0.0829. The molecule has 0 spiro atoms. The molecular weight excluding hydrogens is 296 g/mol. The summed E-state index contributed by atoms with van der Waals surface area (Å²) >= 11 is 6.18. The van der Waals surface area contributed by atoms with Gasteiger partial charge in [0.2, 0.25) is 5.91 Å². The fourth-order valence-electron chi connectivity index (χ4n) is 2.29. The lowest BCUT2D eigenvalue weighted by atomic mass is 10.3. The van der Waals surface area contributed by atoms with Crippen molar-refractivity contribution >= 4 is 23.2 Å². The van der Waals surface area contributed by atoms with Crippen molar-refractivity contribution in [2.75, 3.05) is 31.6 Å². The van der Waals surface area contributed by atoms with Crippen LogP contribution in [0.3, 0.4) is 0 Å². The van der Waals surface area contributed by atoms with Crippen LogP contribution in [0, 0.1) is 0 Å². The molecular formula is C13H19ClN4O3. The highest BCUT2D eigenvalue weighted by Crippen LogP contribution is 2.22. The fraction of sp³-hybridized carbons (Fsp3) is 0.615. The van der Waals surface area contributed by atoms with Crippen LogP contribution in [0.5, 0.6) is 0 Å². The number of nitrogens with zero attached hydrogens (tertiary/aromatic N) is 3. The Balaban J connectivity index is 2.32. The second kappa shape index (κ2) is 6.91. The van der Waals surface area contributed by atoms with Crippen molar-refractivity contribution < 1.29 is 9.53 Å². The van der Waals surface area contributed by atoms with E-state index < -0.39 is 11.8 Å². The van der Waals surface area contributed by atoms with Crippen molar-refractivity contribution in [2.24, 2.45) is 0 Å². The number of anilines is 1. The smallest absolute Gasteiger partial charge is 0.290 e. The third kappa shape index (κ3) is 3.36. The molecule has 1 fully saturated rings. The predicted molar refractivity (Wildman–Crippen MR) is 79.7 cm³/mol. The van der Waals surface area contributed by atoms with Gasteiger partial charge < -0.3 is 15.0 Å². The summed E-state index contributed by atoms with van der Waals surface area (Å²) in [6.07, 6.45) is 2.62. The number of piperazine rings is 1. The van der Waals surface area contributed by atoms with E-state index in [0.29, 0.717) is 25.2 Å². The second-order valence-electron chi connectivity index (χ2n) is 4.84. The lowest BCUT2D eigenvalue weighted by molar-refractivity contribution is -0.120. The zero-order valence-corrected chi connectivity index (χ0v) is 12.9. The molecule has 21 heavy (non-hydrogen) atoms. The average molecular weight is 315 g/mol. The first-order valence-electron chi connectivity index (χ1n) is 6.90. The van der Waals surface area contributed by atoms with E-state index in [4.69, 9.17) is 16.3 Å². The third-order valence-corrected chi connectivity index (χ3v) is 3.74. The quantitative estimate of drug-likeness (QED) is 0.869. The Morgan fingerprint density at radius 2 is 2.29 bits per heavy atom. The van der Waals surface area contributed by atoms with Gasteiger partial charge in [0.15, 0.2) is 6.23 Å². The molecule has 1 aromatic rings. The Kier molecular flexibility index (Phi) is 5.19. The van der Waals surface area contributed by atoms with Crippen LogP contribution in [0.15, 0.2) is 11.0 Å². The van der Waals surface area contributed by atoms with Crippen LogP contribution in [-0.4, -0.2) is 42.4 Å². The molecule has 0 aromatic carbocycles. The number of hydrogen-bond donors (Lipinski definition) is 1. The predicted octanol–water partition coefficient (Wildman–Crippen LogP) is 0.778. The Morgan fingerprint density at radius 1 is 1.52 bits per heavy atom. The molecule has 1 unspecified atom stereocenters. The Hall–Kier alpha value is -1.60. The maximum Gasteiger partial charge on any atom is 0.290 e. The number of ether oxygens (including phenoxy) is 1. The van der Waals surface area contributed by atoms with Crippen LogP contribution < -0.4 is 15.8 Å². The molecule has 2 rings (SSSR count). The lowest BCUT2D eigenvalue weighted by Crippen LogP contribution is -2.48. The monoisotopic (exact) mass is 314 g/mol. The highest BCUT2D eigenvalue weighted by atomic mass is 35.5. The molecule has 2 heterocycles. The first-order chi connectivity index (χ1) is 10.1.